The molecule has 1 heterocycles. The lowest BCUT2D eigenvalue weighted by molar-refractivity contribution is 0.0526. The quantitative estimate of drug-likeness (QED) is 0.489. The molecule has 0 N–H and O–H groups in total. The predicted molar refractivity (Wildman–Crippen MR) is 65.5 cm³/mol. The highest BCUT2D eigenvalue weighted by atomic mass is 16.5. The van der Waals surface area contributed by atoms with Crippen molar-refractivity contribution in [3.05, 3.63) is 18.0 Å². The molecule has 0 aromatic carbocycles. The first kappa shape index (κ1) is 14.7. The van der Waals surface area contributed by atoms with Crippen LogP contribution in [0.15, 0.2) is 12.4 Å². The van der Waals surface area contributed by atoms with E-state index in [1.54, 1.807) is 24.9 Å². The Morgan fingerprint density at radius 1 is 1.39 bits per heavy atom. The Hall–Kier alpha value is -1.40. The number of hydrogen-bond acceptors (Lipinski definition) is 5. The van der Waals surface area contributed by atoms with Crippen molar-refractivity contribution in [2.24, 2.45) is 0 Å². The molecule has 0 unspecified atom stereocenters. The fraction of sp³-hybridized carbons (Fsp3) is 0.667. The molecule has 0 aliphatic rings. The van der Waals surface area contributed by atoms with Crippen LogP contribution in [0.3, 0.4) is 0 Å². The Labute approximate surface area is 107 Å². The molecule has 6 heteroatoms. The van der Waals surface area contributed by atoms with E-state index in [4.69, 9.17) is 14.2 Å². The molecule has 0 amide bonds. The van der Waals surface area contributed by atoms with Crippen LogP contribution in [0.25, 0.3) is 0 Å². The van der Waals surface area contributed by atoms with Gasteiger partial charge < -0.3 is 14.2 Å². The largest absolute Gasteiger partial charge is 0.462 e. The van der Waals surface area contributed by atoms with Crippen LogP contribution in [0.1, 0.15) is 23.7 Å². The van der Waals surface area contributed by atoms with Gasteiger partial charge in [0.25, 0.3) is 0 Å². The zero-order valence-corrected chi connectivity index (χ0v) is 10.9. The Morgan fingerprint density at radius 2 is 2.22 bits per heavy atom. The van der Waals surface area contributed by atoms with Crippen LogP contribution >= 0.6 is 0 Å². The van der Waals surface area contributed by atoms with Gasteiger partial charge in [-0.15, -0.1) is 0 Å². The molecule has 1 aromatic rings. The Kier molecular flexibility index (Phi) is 7.05. The van der Waals surface area contributed by atoms with Crippen LogP contribution in [0.2, 0.25) is 0 Å². The van der Waals surface area contributed by atoms with E-state index in [1.165, 1.54) is 6.20 Å². The van der Waals surface area contributed by atoms with Gasteiger partial charge in [0.2, 0.25) is 0 Å². The Bertz CT molecular complexity index is 352. The van der Waals surface area contributed by atoms with E-state index in [2.05, 4.69) is 5.10 Å². The average Bonchev–Trinajstić information content (AvgIpc) is 2.83. The predicted octanol–water partition coefficient (Wildman–Crippen LogP) is 1.11. The first-order valence-corrected chi connectivity index (χ1v) is 6.04. The smallest absolute Gasteiger partial charge is 0.341 e. The molecule has 0 bridgehead atoms. The Morgan fingerprint density at radius 3 is 2.94 bits per heavy atom. The number of esters is 1. The number of methoxy groups -OCH3 is 1. The second-order valence-electron chi connectivity index (χ2n) is 3.67. The van der Waals surface area contributed by atoms with E-state index in [1.807, 2.05) is 0 Å². The maximum atomic E-state index is 11.4. The summed E-state index contributed by atoms with van der Waals surface area (Å²) >= 11 is 0. The van der Waals surface area contributed by atoms with E-state index in [0.717, 1.165) is 6.42 Å². The number of hydrogen-bond donors (Lipinski definition) is 0. The average molecular weight is 256 g/mol. The summed E-state index contributed by atoms with van der Waals surface area (Å²) in [4.78, 5) is 11.4. The molecule has 0 spiro atoms. The van der Waals surface area contributed by atoms with E-state index in [-0.39, 0.29) is 5.97 Å². The highest BCUT2D eigenvalue weighted by Crippen LogP contribution is 2.00. The van der Waals surface area contributed by atoms with Gasteiger partial charge in [-0.3, -0.25) is 4.68 Å². The molecular formula is C12H20N2O4. The monoisotopic (exact) mass is 256 g/mol. The van der Waals surface area contributed by atoms with Crippen molar-refractivity contribution in [2.75, 3.05) is 33.5 Å². The fourth-order valence-electron chi connectivity index (χ4n) is 1.37. The minimum atomic E-state index is -0.343. The number of nitrogens with zero attached hydrogens (tertiary/aromatic N) is 2. The molecule has 0 saturated heterocycles. The first-order chi connectivity index (χ1) is 8.77. The second kappa shape index (κ2) is 8.66. The molecule has 0 atom stereocenters. The molecular weight excluding hydrogens is 236 g/mol. The summed E-state index contributed by atoms with van der Waals surface area (Å²) in [5.41, 5.74) is 0.469. The minimum absolute atomic E-state index is 0.343. The van der Waals surface area contributed by atoms with E-state index < -0.39 is 0 Å². The van der Waals surface area contributed by atoms with E-state index >= 15 is 0 Å². The minimum Gasteiger partial charge on any atom is -0.462 e. The third-order valence-corrected chi connectivity index (χ3v) is 2.25. The number of carbonyl (C=O) groups excluding carboxylic acids is 1. The second-order valence-corrected chi connectivity index (χ2v) is 3.67. The highest BCUT2D eigenvalue weighted by Gasteiger charge is 2.08. The van der Waals surface area contributed by atoms with Gasteiger partial charge in [0, 0.05) is 26.5 Å². The van der Waals surface area contributed by atoms with Gasteiger partial charge in [0.1, 0.15) is 0 Å². The summed E-state index contributed by atoms with van der Waals surface area (Å²) in [5, 5.41) is 4.06. The summed E-state index contributed by atoms with van der Waals surface area (Å²) in [5.74, 6) is -0.343. The fourth-order valence-corrected chi connectivity index (χ4v) is 1.37. The molecule has 0 radical (unpaired) electrons. The molecule has 1 rings (SSSR count). The van der Waals surface area contributed by atoms with Crippen molar-refractivity contribution < 1.29 is 19.0 Å². The van der Waals surface area contributed by atoms with Crippen LogP contribution in [0, 0.1) is 0 Å². The van der Waals surface area contributed by atoms with Crippen molar-refractivity contribution in [1.29, 1.82) is 0 Å². The highest BCUT2D eigenvalue weighted by molar-refractivity contribution is 5.88. The summed E-state index contributed by atoms with van der Waals surface area (Å²) in [7, 11) is 1.67. The maximum Gasteiger partial charge on any atom is 0.341 e. The molecule has 18 heavy (non-hydrogen) atoms. The van der Waals surface area contributed by atoms with Crippen molar-refractivity contribution >= 4 is 5.97 Å². The maximum absolute atomic E-state index is 11.4. The zero-order valence-electron chi connectivity index (χ0n) is 10.9. The van der Waals surface area contributed by atoms with Gasteiger partial charge in [-0.1, -0.05) is 0 Å². The Balaban J connectivity index is 2.21. The number of rotatable bonds is 9. The van der Waals surface area contributed by atoms with Gasteiger partial charge >= 0.3 is 5.97 Å². The molecule has 0 saturated carbocycles. The van der Waals surface area contributed by atoms with Crippen molar-refractivity contribution in [3.8, 4) is 0 Å². The number of carbonyl (C=O) groups is 1. The lowest BCUT2D eigenvalue weighted by Gasteiger charge is -2.03. The molecule has 1 aromatic heterocycles. The van der Waals surface area contributed by atoms with E-state index in [0.29, 0.717) is 38.5 Å². The molecule has 0 fully saturated rings. The third-order valence-electron chi connectivity index (χ3n) is 2.25. The van der Waals surface area contributed by atoms with Gasteiger partial charge in [-0.2, -0.15) is 5.10 Å². The zero-order chi connectivity index (χ0) is 13.2. The summed E-state index contributed by atoms with van der Waals surface area (Å²) in [6.45, 7) is 4.69. The van der Waals surface area contributed by atoms with Crippen LogP contribution in [-0.2, 0) is 20.8 Å². The molecule has 6 nitrogen and oxygen atoms in total. The van der Waals surface area contributed by atoms with Crippen LogP contribution in [0.4, 0.5) is 0 Å². The van der Waals surface area contributed by atoms with Crippen molar-refractivity contribution in [2.45, 2.75) is 19.9 Å². The molecule has 0 aliphatic carbocycles. The SMILES string of the molecule is CCOC(=O)c1cnn(CCOCCCOC)c1. The van der Waals surface area contributed by atoms with Gasteiger partial charge in [-0.05, 0) is 13.3 Å². The van der Waals surface area contributed by atoms with Crippen molar-refractivity contribution in [1.82, 2.24) is 9.78 Å². The van der Waals surface area contributed by atoms with Gasteiger partial charge in [0.15, 0.2) is 0 Å². The van der Waals surface area contributed by atoms with Crippen LogP contribution in [-0.4, -0.2) is 49.3 Å². The van der Waals surface area contributed by atoms with Gasteiger partial charge in [-0.25, -0.2) is 4.79 Å². The summed E-state index contributed by atoms with van der Waals surface area (Å²) in [6.07, 6.45) is 4.04. The van der Waals surface area contributed by atoms with Gasteiger partial charge in [0.05, 0.1) is 31.5 Å². The van der Waals surface area contributed by atoms with Crippen molar-refractivity contribution in [3.63, 3.8) is 0 Å². The molecule has 102 valence electrons. The normalized spacial score (nSPS) is 10.6. The lowest BCUT2D eigenvalue weighted by Crippen LogP contribution is -2.08. The molecule has 0 aliphatic heterocycles. The first-order valence-electron chi connectivity index (χ1n) is 6.04. The standard InChI is InChI=1S/C12H20N2O4/c1-3-18-12(15)11-9-13-14(10-11)5-8-17-7-4-6-16-2/h9-10H,3-8H2,1-2H3. The third kappa shape index (κ3) is 5.29. The topological polar surface area (TPSA) is 62.6 Å². The van der Waals surface area contributed by atoms with Crippen LogP contribution < -0.4 is 0 Å². The number of aromatic nitrogens is 2. The number of ether oxygens (including phenoxy) is 3. The lowest BCUT2D eigenvalue weighted by atomic mass is 10.4. The van der Waals surface area contributed by atoms with Crippen LogP contribution in [0.5, 0.6) is 0 Å². The van der Waals surface area contributed by atoms with E-state index in [9.17, 15) is 4.79 Å². The summed E-state index contributed by atoms with van der Waals surface area (Å²) < 4.78 is 16.9. The summed E-state index contributed by atoms with van der Waals surface area (Å²) in [6, 6.07) is 0.